The highest BCUT2D eigenvalue weighted by Gasteiger charge is 2.14. The molecule has 0 saturated heterocycles. The molecular formula is C12H17Cl2NO. The third kappa shape index (κ3) is 3.63. The molecule has 0 bridgehead atoms. The molecule has 4 heteroatoms. The van der Waals surface area contributed by atoms with E-state index in [-0.39, 0.29) is 0 Å². The highest BCUT2D eigenvalue weighted by Crippen LogP contribution is 2.26. The van der Waals surface area contributed by atoms with E-state index in [0.717, 1.165) is 18.7 Å². The Hall–Kier alpha value is -0.280. The van der Waals surface area contributed by atoms with Crippen LogP contribution in [0.3, 0.4) is 0 Å². The van der Waals surface area contributed by atoms with Crippen LogP contribution >= 0.6 is 23.2 Å². The zero-order valence-electron chi connectivity index (χ0n) is 9.58. The highest BCUT2D eigenvalue weighted by atomic mass is 35.5. The fourth-order valence-electron chi connectivity index (χ4n) is 1.60. The minimum atomic E-state index is -0.565. The number of nitrogens with zero attached hydrogens (tertiary/aromatic N) is 1. The first-order valence-electron chi connectivity index (χ1n) is 5.43. The zero-order chi connectivity index (χ0) is 12.1. The molecule has 16 heavy (non-hydrogen) atoms. The average Bonchev–Trinajstić information content (AvgIpc) is 2.25. The fourth-order valence-corrected chi connectivity index (χ4v) is 2.13. The first-order valence-corrected chi connectivity index (χ1v) is 6.19. The first-order chi connectivity index (χ1) is 7.58. The second-order valence-corrected chi connectivity index (χ2v) is 4.51. The minimum absolute atomic E-state index is 0.521. The normalized spacial score (nSPS) is 13.1. The van der Waals surface area contributed by atoms with Crippen LogP contribution in [0.15, 0.2) is 18.2 Å². The molecule has 0 amide bonds. The number of aliphatic hydroxyl groups is 1. The van der Waals surface area contributed by atoms with E-state index in [1.54, 1.807) is 18.2 Å². The molecule has 1 atom stereocenters. The summed E-state index contributed by atoms with van der Waals surface area (Å²) in [6.07, 6.45) is -0.565. The lowest BCUT2D eigenvalue weighted by Crippen LogP contribution is -2.28. The van der Waals surface area contributed by atoms with Gasteiger partial charge in [-0.25, -0.2) is 0 Å². The van der Waals surface area contributed by atoms with E-state index >= 15 is 0 Å². The number of rotatable bonds is 5. The predicted octanol–water partition coefficient (Wildman–Crippen LogP) is 3.37. The quantitative estimate of drug-likeness (QED) is 0.879. The number of hydrogen-bond acceptors (Lipinski definition) is 2. The first kappa shape index (κ1) is 13.8. The molecule has 0 aromatic heterocycles. The van der Waals surface area contributed by atoms with Crippen LogP contribution in [0.5, 0.6) is 0 Å². The van der Waals surface area contributed by atoms with E-state index < -0.39 is 6.10 Å². The van der Waals surface area contributed by atoms with E-state index in [1.165, 1.54) is 0 Å². The summed E-state index contributed by atoms with van der Waals surface area (Å²) >= 11 is 11.8. The maximum Gasteiger partial charge on any atom is 0.0931 e. The van der Waals surface area contributed by atoms with Crippen LogP contribution in [-0.2, 0) is 0 Å². The fraction of sp³-hybridized carbons (Fsp3) is 0.500. The SMILES string of the molecule is CCN(CC)CC(O)c1ccc(Cl)cc1Cl. The number of benzene rings is 1. The van der Waals surface area contributed by atoms with Crippen molar-refractivity contribution in [3.63, 3.8) is 0 Å². The predicted molar refractivity (Wildman–Crippen MR) is 69.2 cm³/mol. The molecule has 0 spiro atoms. The molecule has 1 N–H and O–H groups in total. The van der Waals surface area contributed by atoms with Crippen molar-refractivity contribution in [2.45, 2.75) is 20.0 Å². The van der Waals surface area contributed by atoms with Gasteiger partial charge < -0.3 is 10.0 Å². The number of likely N-dealkylation sites (N-methyl/N-ethyl adjacent to an activating group) is 1. The molecule has 1 unspecified atom stereocenters. The monoisotopic (exact) mass is 261 g/mol. The molecule has 90 valence electrons. The average molecular weight is 262 g/mol. The maximum absolute atomic E-state index is 10.1. The summed E-state index contributed by atoms with van der Waals surface area (Å²) < 4.78 is 0. The summed E-state index contributed by atoms with van der Waals surface area (Å²) in [7, 11) is 0. The molecule has 0 heterocycles. The molecule has 0 saturated carbocycles. The Morgan fingerprint density at radius 2 is 1.88 bits per heavy atom. The minimum Gasteiger partial charge on any atom is -0.387 e. The summed E-state index contributed by atoms with van der Waals surface area (Å²) in [5, 5.41) is 11.2. The number of hydrogen-bond donors (Lipinski definition) is 1. The van der Waals surface area contributed by atoms with Crippen LogP contribution < -0.4 is 0 Å². The van der Waals surface area contributed by atoms with E-state index in [2.05, 4.69) is 18.7 Å². The van der Waals surface area contributed by atoms with Gasteiger partial charge in [-0.3, -0.25) is 0 Å². The summed E-state index contributed by atoms with van der Waals surface area (Å²) in [6, 6.07) is 5.18. The molecule has 2 nitrogen and oxygen atoms in total. The van der Waals surface area contributed by atoms with E-state index in [9.17, 15) is 5.11 Å². The van der Waals surface area contributed by atoms with Gasteiger partial charge in [0.15, 0.2) is 0 Å². The van der Waals surface area contributed by atoms with Crippen molar-refractivity contribution >= 4 is 23.2 Å². The molecule has 0 aliphatic heterocycles. The van der Waals surface area contributed by atoms with Crippen molar-refractivity contribution in [1.29, 1.82) is 0 Å². The van der Waals surface area contributed by atoms with Gasteiger partial charge in [-0.05, 0) is 25.2 Å². The van der Waals surface area contributed by atoms with Crippen LogP contribution in [0.4, 0.5) is 0 Å². The Balaban J connectivity index is 2.76. The van der Waals surface area contributed by atoms with Crippen molar-refractivity contribution in [3.8, 4) is 0 Å². The number of aliphatic hydroxyl groups excluding tert-OH is 1. The van der Waals surface area contributed by atoms with E-state index in [1.807, 2.05) is 0 Å². The summed E-state index contributed by atoms with van der Waals surface area (Å²) in [5.41, 5.74) is 0.734. The smallest absolute Gasteiger partial charge is 0.0931 e. The second kappa shape index (κ2) is 6.45. The third-order valence-electron chi connectivity index (χ3n) is 2.65. The van der Waals surface area contributed by atoms with E-state index in [0.29, 0.717) is 16.6 Å². The molecule has 0 radical (unpaired) electrons. The van der Waals surface area contributed by atoms with Gasteiger partial charge in [-0.15, -0.1) is 0 Å². The summed E-state index contributed by atoms with van der Waals surface area (Å²) in [6.45, 7) is 6.56. The Kier molecular flexibility index (Phi) is 5.56. The molecule has 1 aromatic carbocycles. The van der Waals surface area contributed by atoms with Crippen molar-refractivity contribution < 1.29 is 5.11 Å². The van der Waals surface area contributed by atoms with Crippen LogP contribution in [-0.4, -0.2) is 29.6 Å². The lowest BCUT2D eigenvalue weighted by Gasteiger charge is -2.22. The van der Waals surface area contributed by atoms with Crippen molar-refractivity contribution in [3.05, 3.63) is 33.8 Å². The van der Waals surface area contributed by atoms with Crippen LogP contribution in [0.2, 0.25) is 10.0 Å². The van der Waals surface area contributed by atoms with Crippen LogP contribution in [0.25, 0.3) is 0 Å². The largest absolute Gasteiger partial charge is 0.387 e. The third-order valence-corrected chi connectivity index (χ3v) is 3.21. The Morgan fingerprint density at radius 1 is 1.25 bits per heavy atom. The van der Waals surface area contributed by atoms with Crippen molar-refractivity contribution in [2.24, 2.45) is 0 Å². The van der Waals surface area contributed by atoms with Gasteiger partial charge in [0.05, 0.1) is 6.10 Å². The van der Waals surface area contributed by atoms with Gasteiger partial charge in [-0.2, -0.15) is 0 Å². The summed E-state index contributed by atoms with van der Waals surface area (Å²) in [4.78, 5) is 2.15. The van der Waals surface area contributed by atoms with Gasteiger partial charge in [-0.1, -0.05) is 43.1 Å². The standard InChI is InChI=1S/C12H17Cl2NO/c1-3-15(4-2)8-12(16)10-6-5-9(13)7-11(10)14/h5-7,12,16H,3-4,8H2,1-2H3. The molecule has 0 fully saturated rings. The molecule has 1 aromatic rings. The molecule has 1 rings (SSSR count). The second-order valence-electron chi connectivity index (χ2n) is 3.67. The maximum atomic E-state index is 10.1. The van der Waals surface area contributed by atoms with Crippen LogP contribution in [0.1, 0.15) is 25.5 Å². The van der Waals surface area contributed by atoms with Gasteiger partial charge in [0.25, 0.3) is 0 Å². The highest BCUT2D eigenvalue weighted by molar-refractivity contribution is 6.35. The zero-order valence-corrected chi connectivity index (χ0v) is 11.1. The van der Waals surface area contributed by atoms with Gasteiger partial charge in [0.1, 0.15) is 0 Å². The lowest BCUT2D eigenvalue weighted by molar-refractivity contribution is 0.119. The van der Waals surface area contributed by atoms with Gasteiger partial charge >= 0.3 is 0 Å². The Morgan fingerprint density at radius 3 is 2.38 bits per heavy atom. The molecule has 0 aliphatic rings. The molecular weight excluding hydrogens is 245 g/mol. The van der Waals surface area contributed by atoms with Crippen molar-refractivity contribution in [1.82, 2.24) is 4.90 Å². The van der Waals surface area contributed by atoms with Crippen LogP contribution in [0, 0.1) is 0 Å². The Labute approximate surface area is 107 Å². The van der Waals surface area contributed by atoms with Gasteiger partial charge in [0, 0.05) is 22.2 Å². The topological polar surface area (TPSA) is 23.5 Å². The van der Waals surface area contributed by atoms with Gasteiger partial charge in [0.2, 0.25) is 0 Å². The number of halogens is 2. The molecule has 0 aliphatic carbocycles. The van der Waals surface area contributed by atoms with Crippen molar-refractivity contribution in [2.75, 3.05) is 19.6 Å². The summed E-state index contributed by atoms with van der Waals surface area (Å²) in [5.74, 6) is 0. The van der Waals surface area contributed by atoms with E-state index in [4.69, 9.17) is 23.2 Å². The lowest BCUT2D eigenvalue weighted by atomic mass is 10.1. The Bertz CT molecular complexity index is 340.